The summed E-state index contributed by atoms with van der Waals surface area (Å²) in [7, 11) is 1.27. The number of carbonyl (C=O) groups excluding carboxylic acids is 2. The second kappa shape index (κ2) is 8.66. The van der Waals surface area contributed by atoms with Crippen LogP contribution in [0.25, 0.3) is 0 Å². The van der Waals surface area contributed by atoms with Gasteiger partial charge in [0.15, 0.2) is 0 Å². The van der Waals surface area contributed by atoms with Gasteiger partial charge in [0.25, 0.3) is 0 Å². The van der Waals surface area contributed by atoms with Crippen molar-refractivity contribution >= 4 is 23.5 Å². The molecule has 7 heteroatoms. The molecule has 0 fully saturated rings. The number of ether oxygens (including phenoxy) is 1. The van der Waals surface area contributed by atoms with Gasteiger partial charge in [0.1, 0.15) is 0 Å². The zero-order chi connectivity index (χ0) is 16.5. The summed E-state index contributed by atoms with van der Waals surface area (Å²) in [6.45, 7) is 0. The van der Waals surface area contributed by atoms with E-state index in [4.69, 9.17) is 10.8 Å². The fraction of sp³-hybridized carbons (Fsp3) is 0.400. The zero-order valence-corrected chi connectivity index (χ0v) is 12.4. The summed E-state index contributed by atoms with van der Waals surface area (Å²) in [5.74, 6) is -1.71. The maximum absolute atomic E-state index is 11.9. The summed E-state index contributed by atoms with van der Waals surface area (Å²) >= 11 is 0. The first-order valence-electron chi connectivity index (χ1n) is 6.85. The molecule has 7 nitrogen and oxygen atoms in total. The van der Waals surface area contributed by atoms with E-state index in [0.29, 0.717) is 5.69 Å². The van der Waals surface area contributed by atoms with Crippen molar-refractivity contribution in [2.45, 2.75) is 31.7 Å². The average molecular weight is 308 g/mol. The molecule has 0 aliphatic rings. The fourth-order valence-corrected chi connectivity index (χ4v) is 1.90. The van der Waals surface area contributed by atoms with E-state index in [1.54, 1.807) is 24.3 Å². The Bertz CT molecular complexity index is 527. The molecule has 0 bridgehead atoms. The van der Waals surface area contributed by atoms with Crippen LogP contribution in [0.15, 0.2) is 24.3 Å². The second-order valence-electron chi connectivity index (χ2n) is 4.81. The number of carboxylic acid groups (broad SMARTS) is 1. The van der Waals surface area contributed by atoms with Crippen molar-refractivity contribution in [3.63, 3.8) is 0 Å². The molecule has 22 heavy (non-hydrogen) atoms. The number of methoxy groups -OCH3 is 1. The number of nitrogen functional groups attached to an aromatic ring is 1. The number of carbonyl (C=O) groups is 3. The van der Waals surface area contributed by atoms with Crippen molar-refractivity contribution in [2.24, 2.45) is 0 Å². The Kier molecular flexibility index (Phi) is 6.88. The zero-order valence-electron chi connectivity index (χ0n) is 12.4. The number of benzene rings is 1. The Morgan fingerprint density at radius 2 is 1.86 bits per heavy atom. The van der Waals surface area contributed by atoms with E-state index < -0.39 is 18.0 Å². The molecular formula is C15H20N2O5. The molecule has 120 valence electrons. The van der Waals surface area contributed by atoms with Gasteiger partial charge in [-0.2, -0.15) is 0 Å². The monoisotopic (exact) mass is 308 g/mol. The number of carboxylic acids is 1. The lowest BCUT2D eigenvalue weighted by atomic mass is 10.0. The predicted octanol–water partition coefficient (Wildman–Crippen LogP) is 1.24. The van der Waals surface area contributed by atoms with Gasteiger partial charge >= 0.3 is 11.9 Å². The maximum atomic E-state index is 11.9. The minimum Gasteiger partial charge on any atom is -0.481 e. The Balaban J connectivity index is 2.69. The van der Waals surface area contributed by atoms with Crippen LogP contribution >= 0.6 is 0 Å². The van der Waals surface area contributed by atoms with E-state index in [1.165, 1.54) is 7.11 Å². The van der Waals surface area contributed by atoms with Crippen LogP contribution in [0.4, 0.5) is 5.69 Å². The van der Waals surface area contributed by atoms with E-state index in [2.05, 4.69) is 10.1 Å². The summed E-state index contributed by atoms with van der Waals surface area (Å²) < 4.78 is 4.63. The first kappa shape index (κ1) is 17.5. The standard InChI is InChI=1S/C15H20N2O5/c1-22-15(21)9-12(10-5-7-11(16)8-6-10)17-13(18)3-2-4-14(19)20/h5-8,12H,2-4,9,16H2,1H3,(H,17,18)(H,19,20)/t12-/m1/s1. The van der Waals surface area contributed by atoms with Gasteiger partial charge in [0.2, 0.25) is 5.91 Å². The topological polar surface area (TPSA) is 119 Å². The van der Waals surface area contributed by atoms with Crippen molar-refractivity contribution in [2.75, 3.05) is 12.8 Å². The van der Waals surface area contributed by atoms with Crippen LogP contribution in [-0.4, -0.2) is 30.1 Å². The number of amides is 1. The van der Waals surface area contributed by atoms with E-state index >= 15 is 0 Å². The van der Waals surface area contributed by atoms with Crippen LogP contribution in [-0.2, 0) is 19.1 Å². The Morgan fingerprint density at radius 3 is 2.41 bits per heavy atom. The quantitative estimate of drug-likeness (QED) is 0.491. The smallest absolute Gasteiger partial charge is 0.307 e. The fourth-order valence-electron chi connectivity index (χ4n) is 1.90. The molecule has 0 saturated heterocycles. The van der Waals surface area contributed by atoms with Gasteiger partial charge in [0, 0.05) is 18.5 Å². The van der Waals surface area contributed by atoms with Gasteiger partial charge in [0.05, 0.1) is 19.6 Å². The highest BCUT2D eigenvalue weighted by molar-refractivity contribution is 5.78. The number of hydrogen-bond acceptors (Lipinski definition) is 5. The van der Waals surface area contributed by atoms with Crippen molar-refractivity contribution in [3.8, 4) is 0 Å². The molecule has 1 aromatic rings. The molecule has 1 amide bonds. The Labute approximate surface area is 128 Å². The average Bonchev–Trinajstić information content (AvgIpc) is 2.46. The van der Waals surface area contributed by atoms with Crippen LogP contribution in [0.3, 0.4) is 0 Å². The maximum Gasteiger partial charge on any atom is 0.307 e. The molecule has 0 unspecified atom stereocenters. The minimum atomic E-state index is -0.947. The van der Waals surface area contributed by atoms with E-state index in [0.717, 1.165) is 5.56 Å². The van der Waals surface area contributed by atoms with Gasteiger partial charge in [-0.3, -0.25) is 14.4 Å². The summed E-state index contributed by atoms with van der Waals surface area (Å²) in [6, 6.07) is 6.26. The number of nitrogens with two attached hydrogens (primary N) is 1. The highest BCUT2D eigenvalue weighted by Crippen LogP contribution is 2.19. The molecule has 0 aromatic heterocycles. The largest absolute Gasteiger partial charge is 0.481 e. The van der Waals surface area contributed by atoms with Crippen LogP contribution in [0.2, 0.25) is 0 Å². The van der Waals surface area contributed by atoms with Gasteiger partial charge in [-0.25, -0.2) is 0 Å². The third kappa shape index (κ3) is 6.25. The lowest BCUT2D eigenvalue weighted by Crippen LogP contribution is -2.30. The molecule has 0 aliphatic carbocycles. The normalized spacial score (nSPS) is 11.5. The molecule has 1 atom stereocenters. The van der Waals surface area contributed by atoms with Gasteiger partial charge < -0.3 is 20.9 Å². The lowest BCUT2D eigenvalue weighted by Gasteiger charge is -2.18. The molecule has 0 heterocycles. The van der Waals surface area contributed by atoms with Crippen LogP contribution in [0.1, 0.15) is 37.3 Å². The van der Waals surface area contributed by atoms with Gasteiger partial charge in [-0.15, -0.1) is 0 Å². The number of rotatable bonds is 8. The van der Waals surface area contributed by atoms with E-state index in [1.807, 2.05) is 0 Å². The third-order valence-corrected chi connectivity index (χ3v) is 3.07. The molecular weight excluding hydrogens is 288 g/mol. The Morgan fingerprint density at radius 1 is 1.23 bits per heavy atom. The first-order chi connectivity index (χ1) is 10.4. The number of aliphatic carboxylic acids is 1. The Hall–Kier alpha value is -2.57. The summed E-state index contributed by atoms with van der Waals surface area (Å²) in [6.07, 6.45) is 0.245. The van der Waals surface area contributed by atoms with Crippen LogP contribution in [0, 0.1) is 0 Å². The highest BCUT2D eigenvalue weighted by atomic mass is 16.5. The summed E-state index contributed by atoms with van der Waals surface area (Å²) in [5, 5.41) is 11.3. The van der Waals surface area contributed by atoms with Crippen LogP contribution in [0.5, 0.6) is 0 Å². The summed E-state index contributed by atoms with van der Waals surface area (Å²) in [5.41, 5.74) is 6.92. The molecule has 0 aliphatic heterocycles. The highest BCUT2D eigenvalue weighted by Gasteiger charge is 2.19. The predicted molar refractivity (Wildman–Crippen MR) is 79.9 cm³/mol. The number of anilines is 1. The molecule has 1 aromatic carbocycles. The van der Waals surface area contributed by atoms with Crippen molar-refractivity contribution in [3.05, 3.63) is 29.8 Å². The first-order valence-corrected chi connectivity index (χ1v) is 6.85. The third-order valence-electron chi connectivity index (χ3n) is 3.07. The van der Waals surface area contributed by atoms with E-state index in [9.17, 15) is 14.4 Å². The number of hydrogen-bond donors (Lipinski definition) is 3. The lowest BCUT2D eigenvalue weighted by molar-refractivity contribution is -0.141. The summed E-state index contributed by atoms with van der Waals surface area (Å²) in [4.78, 5) is 33.8. The van der Waals surface area contributed by atoms with Crippen molar-refractivity contribution in [1.29, 1.82) is 0 Å². The molecule has 0 spiro atoms. The van der Waals surface area contributed by atoms with Gasteiger partial charge in [-0.05, 0) is 24.1 Å². The number of esters is 1. The molecule has 1 rings (SSSR count). The van der Waals surface area contributed by atoms with Crippen molar-refractivity contribution in [1.82, 2.24) is 5.32 Å². The van der Waals surface area contributed by atoms with Crippen molar-refractivity contribution < 1.29 is 24.2 Å². The second-order valence-corrected chi connectivity index (χ2v) is 4.81. The van der Waals surface area contributed by atoms with Crippen LogP contribution < -0.4 is 11.1 Å². The SMILES string of the molecule is COC(=O)C[C@@H](NC(=O)CCCC(=O)O)c1ccc(N)cc1. The molecule has 0 radical (unpaired) electrons. The number of nitrogens with one attached hydrogen (secondary N) is 1. The minimum absolute atomic E-state index is 0.00884. The molecule has 4 N–H and O–H groups in total. The van der Waals surface area contributed by atoms with E-state index in [-0.39, 0.29) is 31.6 Å². The van der Waals surface area contributed by atoms with Gasteiger partial charge in [-0.1, -0.05) is 12.1 Å². The molecule has 0 saturated carbocycles.